The molecule has 0 unspecified atom stereocenters. The topological polar surface area (TPSA) is 78.5 Å². The van der Waals surface area contributed by atoms with Crippen molar-refractivity contribution in [2.24, 2.45) is 0 Å². The Morgan fingerprint density at radius 3 is 2.59 bits per heavy atom. The van der Waals surface area contributed by atoms with E-state index in [1.807, 2.05) is 4.57 Å². The van der Waals surface area contributed by atoms with Gasteiger partial charge in [0.25, 0.3) is 0 Å². The van der Waals surface area contributed by atoms with E-state index in [4.69, 9.17) is 0 Å². The van der Waals surface area contributed by atoms with Crippen LogP contribution >= 0.6 is 0 Å². The van der Waals surface area contributed by atoms with Crippen molar-refractivity contribution < 1.29 is 0 Å². The fraction of sp³-hybridized carbons (Fsp3) is 0.533. The molecule has 0 fully saturated rings. The molecule has 1 aromatic rings. The first-order valence-corrected chi connectivity index (χ1v) is 7.82. The summed E-state index contributed by atoms with van der Waals surface area (Å²) in [6.45, 7) is 5.71. The molecule has 116 valence electrons. The number of fused-ring (bicyclic) bond motifs is 3. The molecule has 3 heterocycles. The van der Waals surface area contributed by atoms with Gasteiger partial charge in [-0.15, -0.1) is 0 Å². The summed E-state index contributed by atoms with van der Waals surface area (Å²) >= 11 is 0. The summed E-state index contributed by atoms with van der Waals surface area (Å²) in [5.41, 5.74) is 1.67. The summed E-state index contributed by atoms with van der Waals surface area (Å²) in [5, 5.41) is 0. The first kappa shape index (κ1) is 14.6. The van der Waals surface area contributed by atoms with Gasteiger partial charge in [0.15, 0.2) is 11.5 Å². The van der Waals surface area contributed by atoms with Crippen LogP contribution in [0.4, 0.5) is 0 Å². The predicted octanol–water partition coefficient (Wildman–Crippen LogP) is 2.09. The molecular formula is C15H20N6O. The molecule has 0 spiro atoms. The van der Waals surface area contributed by atoms with E-state index in [0.717, 1.165) is 37.9 Å². The van der Waals surface area contributed by atoms with Crippen LogP contribution in [0.3, 0.4) is 0 Å². The molecule has 3 rings (SSSR count). The van der Waals surface area contributed by atoms with Crippen LogP contribution in [0.1, 0.15) is 39.5 Å². The monoisotopic (exact) mass is 300 g/mol. The van der Waals surface area contributed by atoms with E-state index in [1.165, 1.54) is 6.33 Å². The van der Waals surface area contributed by atoms with Gasteiger partial charge in [0.1, 0.15) is 17.5 Å². The highest BCUT2D eigenvalue weighted by Crippen LogP contribution is 2.22. The van der Waals surface area contributed by atoms with Gasteiger partial charge < -0.3 is 4.57 Å². The van der Waals surface area contributed by atoms with E-state index in [-0.39, 0.29) is 5.69 Å². The fourth-order valence-corrected chi connectivity index (χ4v) is 2.54. The highest BCUT2D eigenvalue weighted by atomic mass is 16.1. The van der Waals surface area contributed by atoms with Crippen molar-refractivity contribution in [1.82, 2.24) is 29.1 Å². The summed E-state index contributed by atoms with van der Waals surface area (Å²) < 4.78 is 3.61. The lowest BCUT2D eigenvalue weighted by Gasteiger charge is -2.00. The number of aromatic nitrogens is 6. The summed E-state index contributed by atoms with van der Waals surface area (Å²) in [6.07, 6.45) is 7.35. The molecule has 0 atom stereocenters. The summed E-state index contributed by atoms with van der Waals surface area (Å²) in [6, 6.07) is 0. The molecular weight excluding hydrogens is 280 g/mol. The van der Waals surface area contributed by atoms with Gasteiger partial charge in [-0.3, -0.25) is 4.57 Å². The van der Waals surface area contributed by atoms with Gasteiger partial charge in [-0.05, 0) is 12.8 Å². The Bertz CT molecular complexity index is 806. The zero-order chi connectivity index (χ0) is 15.5. The standard InChI is InChI=1S/C15H20N6O/c1-3-5-7-20-10-18-11-12-14(17-9-16-13(11)20)21(8-6-4-2)15(22)19-12/h9-10H,3-8H2,1-2H3. The van der Waals surface area contributed by atoms with E-state index < -0.39 is 0 Å². The lowest BCUT2D eigenvalue weighted by Crippen LogP contribution is -2.17. The molecule has 7 heteroatoms. The minimum atomic E-state index is -0.258. The summed E-state index contributed by atoms with van der Waals surface area (Å²) in [4.78, 5) is 29.4. The van der Waals surface area contributed by atoms with Gasteiger partial charge in [-0.25, -0.2) is 19.7 Å². The van der Waals surface area contributed by atoms with Gasteiger partial charge in [0.2, 0.25) is 0 Å². The Morgan fingerprint density at radius 1 is 1.05 bits per heavy atom. The van der Waals surface area contributed by atoms with Crippen LogP contribution in [-0.2, 0) is 13.1 Å². The van der Waals surface area contributed by atoms with Crippen molar-refractivity contribution in [1.29, 1.82) is 0 Å². The first-order chi connectivity index (χ1) is 10.8. The Hall–Kier alpha value is -2.31. The average molecular weight is 300 g/mol. The second-order valence-corrected chi connectivity index (χ2v) is 5.41. The number of hydrogen-bond acceptors (Lipinski definition) is 5. The van der Waals surface area contributed by atoms with Crippen molar-refractivity contribution in [3.8, 4) is 11.5 Å². The summed E-state index contributed by atoms with van der Waals surface area (Å²) in [7, 11) is 0. The minimum absolute atomic E-state index is 0.258. The minimum Gasteiger partial charge on any atom is -0.315 e. The Morgan fingerprint density at radius 2 is 1.82 bits per heavy atom. The molecule has 2 aliphatic heterocycles. The number of aryl methyl sites for hydroxylation is 1. The second-order valence-electron chi connectivity index (χ2n) is 5.41. The van der Waals surface area contributed by atoms with E-state index in [0.29, 0.717) is 23.6 Å². The molecule has 0 aromatic carbocycles. The van der Waals surface area contributed by atoms with E-state index in [9.17, 15) is 4.79 Å². The zero-order valence-corrected chi connectivity index (χ0v) is 13.0. The molecule has 0 saturated carbocycles. The molecule has 0 N–H and O–H groups in total. The molecule has 2 aliphatic rings. The Balaban J connectivity index is 2.13. The highest BCUT2D eigenvalue weighted by Gasteiger charge is 2.20. The molecule has 0 aliphatic carbocycles. The van der Waals surface area contributed by atoms with Crippen LogP contribution < -0.4 is 5.69 Å². The maximum atomic E-state index is 12.1. The summed E-state index contributed by atoms with van der Waals surface area (Å²) in [5.74, 6) is 0.571. The van der Waals surface area contributed by atoms with Crippen LogP contribution in [-0.4, -0.2) is 29.1 Å². The maximum absolute atomic E-state index is 12.1. The normalized spacial score (nSPS) is 11.5. The van der Waals surface area contributed by atoms with Gasteiger partial charge in [0, 0.05) is 13.1 Å². The lowest BCUT2D eigenvalue weighted by molar-refractivity contribution is 0.615. The van der Waals surface area contributed by atoms with Crippen LogP contribution in [0.15, 0.2) is 17.4 Å². The number of hydrogen-bond donors (Lipinski definition) is 0. The molecule has 1 aromatic heterocycles. The molecule has 22 heavy (non-hydrogen) atoms. The number of nitrogens with zero attached hydrogens (tertiary/aromatic N) is 6. The van der Waals surface area contributed by atoms with Crippen molar-refractivity contribution in [3.63, 3.8) is 0 Å². The van der Waals surface area contributed by atoms with Gasteiger partial charge >= 0.3 is 5.69 Å². The van der Waals surface area contributed by atoms with E-state index in [1.54, 1.807) is 10.9 Å². The quantitative estimate of drug-likeness (QED) is 0.696. The smallest absolute Gasteiger partial charge is 0.315 e. The SMILES string of the molecule is CCCCn1c2ncnc3c(ncn3CCCC)c-2nc1=O. The van der Waals surface area contributed by atoms with Crippen molar-refractivity contribution >= 4 is 11.2 Å². The average Bonchev–Trinajstić information content (AvgIpc) is 2.99. The van der Waals surface area contributed by atoms with Crippen LogP contribution in [0, 0.1) is 0 Å². The van der Waals surface area contributed by atoms with Gasteiger partial charge in [-0.1, -0.05) is 26.7 Å². The van der Waals surface area contributed by atoms with Crippen LogP contribution in [0.25, 0.3) is 22.7 Å². The molecule has 0 bridgehead atoms. The highest BCUT2D eigenvalue weighted by molar-refractivity contribution is 5.84. The molecule has 0 radical (unpaired) electrons. The first-order valence-electron chi connectivity index (χ1n) is 7.82. The molecule has 0 amide bonds. The predicted molar refractivity (Wildman–Crippen MR) is 83.8 cm³/mol. The lowest BCUT2D eigenvalue weighted by atomic mass is 10.3. The van der Waals surface area contributed by atoms with Crippen molar-refractivity contribution in [3.05, 3.63) is 23.1 Å². The largest absolute Gasteiger partial charge is 0.350 e. The number of unbranched alkanes of at least 4 members (excludes halogenated alkanes) is 2. The Labute approximate surface area is 128 Å². The molecule has 0 saturated heterocycles. The van der Waals surface area contributed by atoms with Crippen LogP contribution in [0.5, 0.6) is 0 Å². The third-order valence-electron chi connectivity index (χ3n) is 3.79. The van der Waals surface area contributed by atoms with Gasteiger partial charge in [-0.2, -0.15) is 4.98 Å². The van der Waals surface area contributed by atoms with Crippen LogP contribution in [0.2, 0.25) is 0 Å². The second kappa shape index (κ2) is 6.21. The van der Waals surface area contributed by atoms with E-state index in [2.05, 4.69) is 33.8 Å². The van der Waals surface area contributed by atoms with Gasteiger partial charge in [0.05, 0.1) is 6.33 Å². The fourth-order valence-electron chi connectivity index (χ4n) is 2.54. The number of rotatable bonds is 6. The number of imidazole rings is 2. The zero-order valence-electron chi connectivity index (χ0n) is 13.0. The Kier molecular flexibility index (Phi) is 4.13. The van der Waals surface area contributed by atoms with Crippen molar-refractivity contribution in [2.45, 2.75) is 52.6 Å². The van der Waals surface area contributed by atoms with E-state index >= 15 is 0 Å². The third kappa shape index (κ3) is 2.47. The van der Waals surface area contributed by atoms with Crippen molar-refractivity contribution in [2.75, 3.05) is 0 Å². The molecule has 7 nitrogen and oxygen atoms in total. The third-order valence-corrected chi connectivity index (χ3v) is 3.79. The maximum Gasteiger partial charge on any atom is 0.350 e.